The highest BCUT2D eigenvalue weighted by atomic mass is 16.5. The van der Waals surface area contributed by atoms with Crippen LogP contribution in [0.5, 0.6) is 5.75 Å². The number of benzene rings is 1. The number of rotatable bonds is 4. The molecule has 5 nitrogen and oxygen atoms in total. The standard InChI is InChI=1S/C16H22N4O/c1-2-19-12-13(11-18-19)15(10-17)20-8-5-9-21-16-7-4-3-6-14(16)20/h3-4,6-7,11-12,15H,2,5,8-10,17H2,1H3. The van der Waals surface area contributed by atoms with E-state index in [1.807, 2.05) is 29.1 Å². The van der Waals surface area contributed by atoms with Crippen molar-refractivity contribution in [2.24, 2.45) is 5.73 Å². The molecule has 0 amide bonds. The minimum absolute atomic E-state index is 0.133. The summed E-state index contributed by atoms with van der Waals surface area (Å²) in [6.07, 6.45) is 5.01. The normalized spacial score (nSPS) is 16.0. The summed E-state index contributed by atoms with van der Waals surface area (Å²) in [7, 11) is 0. The fourth-order valence-corrected chi connectivity index (χ4v) is 2.85. The second kappa shape index (κ2) is 6.18. The molecular weight excluding hydrogens is 264 g/mol. The lowest BCUT2D eigenvalue weighted by molar-refractivity contribution is 0.322. The summed E-state index contributed by atoms with van der Waals surface area (Å²) in [4.78, 5) is 2.35. The summed E-state index contributed by atoms with van der Waals surface area (Å²) in [5.74, 6) is 0.941. The molecule has 2 heterocycles. The summed E-state index contributed by atoms with van der Waals surface area (Å²) in [6.45, 7) is 5.21. The molecule has 21 heavy (non-hydrogen) atoms. The van der Waals surface area contributed by atoms with Gasteiger partial charge in [0.15, 0.2) is 0 Å². The minimum Gasteiger partial charge on any atom is -0.491 e. The van der Waals surface area contributed by atoms with E-state index in [1.54, 1.807) is 0 Å². The number of hydrogen-bond donors (Lipinski definition) is 1. The first-order valence-corrected chi connectivity index (χ1v) is 7.54. The summed E-state index contributed by atoms with van der Waals surface area (Å²) < 4.78 is 7.77. The fourth-order valence-electron chi connectivity index (χ4n) is 2.85. The molecule has 1 aromatic heterocycles. The van der Waals surface area contributed by atoms with Gasteiger partial charge in [-0.05, 0) is 25.5 Å². The summed E-state index contributed by atoms with van der Waals surface area (Å²) in [5, 5.41) is 4.38. The smallest absolute Gasteiger partial charge is 0.142 e. The van der Waals surface area contributed by atoms with Gasteiger partial charge in [-0.2, -0.15) is 5.10 Å². The molecule has 3 rings (SSSR count). The van der Waals surface area contributed by atoms with E-state index < -0.39 is 0 Å². The average molecular weight is 286 g/mol. The number of aryl methyl sites for hydroxylation is 1. The number of nitrogens with two attached hydrogens (primary N) is 1. The van der Waals surface area contributed by atoms with Crippen molar-refractivity contribution in [3.63, 3.8) is 0 Å². The van der Waals surface area contributed by atoms with E-state index in [0.717, 1.165) is 43.1 Å². The van der Waals surface area contributed by atoms with Crippen LogP contribution in [0.15, 0.2) is 36.7 Å². The molecule has 0 spiro atoms. The largest absolute Gasteiger partial charge is 0.491 e. The SMILES string of the molecule is CCn1cc(C(CN)N2CCCOc3ccccc32)cn1. The molecule has 0 radical (unpaired) electrons. The van der Waals surface area contributed by atoms with Gasteiger partial charge >= 0.3 is 0 Å². The van der Waals surface area contributed by atoms with Crippen LogP contribution in [0.1, 0.15) is 24.9 Å². The molecular formula is C16H22N4O. The molecule has 1 aliphatic heterocycles. The van der Waals surface area contributed by atoms with Gasteiger partial charge in [0.25, 0.3) is 0 Å². The highest BCUT2D eigenvalue weighted by Crippen LogP contribution is 2.35. The van der Waals surface area contributed by atoms with Crippen molar-refractivity contribution in [1.82, 2.24) is 9.78 Å². The first kappa shape index (κ1) is 13.9. The number of nitrogens with zero attached hydrogens (tertiary/aromatic N) is 3. The molecule has 5 heteroatoms. The fraction of sp³-hybridized carbons (Fsp3) is 0.438. The summed E-state index contributed by atoms with van der Waals surface area (Å²) in [6, 6.07) is 8.32. The van der Waals surface area contributed by atoms with Gasteiger partial charge in [-0.15, -0.1) is 0 Å². The Bertz CT molecular complexity index is 595. The van der Waals surface area contributed by atoms with Gasteiger partial charge in [0.05, 0.1) is 24.5 Å². The zero-order valence-electron chi connectivity index (χ0n) is 12.4. The highest BCUT2D eigenvalue weighted by Gasteiger charge is 2.25. The summed E-state index contributed by atoms with van der Waals surface area (Å²) >= 11 is 0. The number of ether oxygens (including phenoxy) is 1. The predicted octanol–water partition coefficient (Wildman–Crippen LogP) is 2.19. The molecule has 0 bridgehead atoms. The van der Waals surface area contributed by atoms with Crippen molar-refractivity contribution in [3.8, 4) is 5.75 Å². The van der Waals surface area contributed by atoms with E-state index in [4.69, 9.17) is 10.5 Å². The Morgan fingerprint density at radius 2 is 2.24 bits per heavy atom. The van der Waals surface area contributed by atoms with Gasteiger partial charge in [0.2, 0.25) is 0 Å². The van der Waals surface area contributed by atoms with Gasteiger partial charge in [0.1, 0.15) is 5.75 Å². The summed E-state index contributed by atoms with van der Waals surface area (Å²) in [5.41, 5.74) is 8.36. The van der Waals surface area contributed by atoms with E-state index in [2.05, 4.69) is 29.2 Å². The minimum atomic E-state index is 0.133. The van der Waals surface area contributed by atoms with Crippen LogP contribution in [0.2, 0.25) is 0 Å². The van der Waals surface area contributed by atoms with Gasteiger partial charge in [-0.1, -0.05) is 12.1 Å². The predicted molar refractivity (Wildman–Crippen MR) is 83.6 cm³/mol. The quantitative estimate of drug-likeness (QED) is 0.936. The Morgan fingerprint density at radius 1 is 1.38 bits per heavy atom. The van der Waals surface area contributed by atoms with E-state index in [0.29, 0.717) is 6.54 Å². The van der Waals surface area contributed by atoms with Crippen LogP contribution in [-0.2, 0) is 6.54 Å². The maximum absolute atomic E-state index is 6.07. The van der Waals surface area contributed by atoms with Crippen molar-refractivity contribution >= 4 is 5.69 Å². The Kier molecular flexibility index (Phi) is 4.10. The van der Waals surface area contributed by atoms with Crippen molar-refractivity contribution < 1.29 is 4.74 Å². The number of anilines is 1. The van der Waals surface area contributed by atoms with Crippen molar-refractivity contribution in [3.05, 3.63) is 42.2 Å². The van der Waals surface area contributed by atoms with Crippen LogP contribution < -0.4 is 15.4 Å². The van der Waals surface area contributed by atoms with Crippen LogP contribution in [0.4, 0.5) is 5.69 Å². The molecule has 0 saturated carbocycles. The number of hydrogen-bond acceptors (Lipinski definition) is 4. The van der Waals surface area contributed by atoms with Crippen LogP contribution in [0, 0.1) is 0 Å². The maximum Gasteiger partial charge on any atom is 0.142 e. The third-order valence-corrected chi connectivity index (χ3v) is 3.94. The first-order chi connectivity index (χ1) is 10.3. The number of fused-ring (bicyclic) bond motifs is 1. The second-order valence-corrected chi connectivity index (χ2v) is 5.24. The molecule has 1 atom stereocenters. The van der Waals surface area contributed by atoms with E-state index in [1.165, 1.54) is 0 Å². The van der Waals surface area contributed by atoms with Gasteiger partial charge in [-0.25, -0.2) is 0 Å². The van der Waals surface area contributed by atoms with Crippen molar-refractivity contribution in [1.29, 1.82) is 0 Å². The number of aromatic nitrogens is 2. The molecule has 1 aliphatic rings. The van der Waals surface area contributed by atoms with Crippen LogP contribution >= 0.6 is 0 Å². The Hall–Kier alpha value is -2.01. The van der Waals surface area contributed by atoms with Crippen molar-refractivity contribution in [2.45, 2.75) is 25.9 Å². The molecule has 2 aromatic rings. The monoisotopic (exact) mass is 286 g/mol. The van der Waals surface area contributed by atoms with Crippen LogP contribution in [0.3, 0.4) is 0 Å². The van der Waals surface area contributed by atoms with Crippen molar-refractivity contribution in [2.75, 3.05) is 24.6 Å². The molecule has 1 unspecified atom stereocenters. The zero-order valence-corrected chi connectivity index (χ0v) is 12.4. The lowest BCUT2D eigenvalue weighted by Crippen LogP contribution is -2.34. The van der Waals surface area contributed by atoms with E-state index in [9.17, 15) is 0 Å². The van der Waals surface area contributed by atoms with Crippen LogP contribution in [-0.4, -0.2) is 29.5 Å². The van der Waals surface area contributed by atoms with Gasteiger partial charge < -0.3 is 15.4 Å². The van der Waals surface area contributed by atoms with Gasteiger partial charge in [0, 0.05) is 31.4 Å². The third kappa shape index (κ3) is 2.74. The molecule has 0 fully saturated rings. The second-order valence-electron chi connectivity index (χ2n) is 5.24. The zero-order chi connectivity index (χ0) is 14.7. The van der Waals surface area contributed by atoms with E-state index in [-0.39, 0.29) is 6.04 Å². The van der Waals surface area contributed by atoms with Gasteiger partial charge in [-0.3, -0.25) is 4.68 Å². The number of para-hydroxylation sites is 2. The van der Waals surface area contributed by atoms with E-state index >= 15 is 0 Å². The topological polar surface area (TPSA) is 56.3 Å². The molecule has 112 valence electrons. The highest BCUT2D eigenvalue weighted by molar-refractivity contribution is 5.60. The molecule has 2 N–H and O–H groups in total. The average Bonchev–Trinajstić information content (AvgIpc) is 2.90. The maximum atomic E-state index is 6.07. The lowest BCUT2D eigenvalue weighted by Gasteiger charge is -2.31. The van der Waals surface area contributed by atoms with Crippen LogP contribution in [0.25, 0.3) is 0 Å². The Labute approximate surface area is 125 Å². The Balaban J connectivity index is 1.96. The first-order valence-electron chi connectivity index (χ1n) is 7.54. The lowest BCUT2D eigenvalue weighted by atomic mass is 10.1. The third-order valence-electron chi connectivity index (χ3n) is 3.94. The molecule has 0 saturated heterocycles. The molecule has 1 aromatic carbocycles. The Morgan fingerprint density at radius 3 is 3.00 bits per heavy atom. The molecule has 0 aliphatic carbocycles.